The Morgan fingerprint density at radius 2 is 1.76 bits per heavy atom. The average Bonchev–Trinajstić information content (AvgIpc) is 2.87. The molecule has 0 atom stereocenters. The Morgan fingerprint density at radius 3 is 2.48 bits per heavy atom. The fraction of sp³-hybridized carbons (Fsp3) is 0.350. The zero-order valence-corrected chi connectivity index (χ0v) is 15.1. The molecule has 0 spiro atoms. The van der Waals surface area contributed by atoms with Gasteiger partial charge in [0.2, 0.25) is 0 Å². The highest BCUT2D eigenvalue weighted by molar-refractivity contribution is 6.30. The van der Waals surface area contributed by atoms with Gasteiger partial charge in [-0.25, -0.2) is 4.79 Å². The van der Waals surface area contributed by atoms with Crippen LogP contribution in [0.15, 0.2) is 53.3 Å². The van der Waals surface area contributed by atoms with Gasteiger partial charge >= 0.3 is 5.69 Å². The summed E-state index contributed by atoms with van der Waals surface area (Å²) in [4.78, 5) is 15.1. The first-order valence-electron chi connectivity index (χ1n) is 8.76. The summed E-state index contributed by atoms with van der Waals surface area (Å²) in [6.45, 7) is 2.90. The molecule has 0 radical (unpaired) electrons. The monoisotopic (exact) mass is 355 g/mol. The Morgan fingerprint density at radius 1 is 1.04 bits per heavy atom. The molecule has 5 heteroatoms. The first-order chi connectivity index (χ1) is 12.1. The van der Waals surface area contributed by atoms with Gasteiger partial charge in [-0.05, 0) is 42.7 Å². The Bertz CT molecular complexity index is 951. The normalized spacial score (nSPS) is 16.6. The number of benzene rings is 2. The van der Waals surface area contributed by atoms with E-state index in [1.54, 1.807) is 4.57 Å². The second-order valence-corrected chi connectivity index (χ2v) is 7.27. The summed E-state index contributed by atoms with van der Waals surface area (Å²) in [6, 6.07) is 16.4. The van der Waals surface area contributed by atoms with Crippen molar-refractivity contribution < 1.29 is 0 Å². The van der Waals surface area contributed by atoms with Gasteiger partial charge in [-0.1, -0.05) is 35.9 Å². The largest absolute Gasteiger partial charge is 0.329 e. The number of aromatic nitrogens is 2. The van der Waals surface area contributed by atoms with Crippen LogP contribution in [0, 0.1) is 0 Å². The summed E-state index contributed by atoms with van der Waals surface area (Å²) in [5, 5.41) is 0.787. The lowest BCUT2D eigenvalue weighted by molar-refractivity contribution is 0.179. The van der Waals surface area contributed by atoms with Crippen molar-refractivity contribution >= 4 is 22.6 Å². The van der Waals surface area contributed by atoms with Crippen LogP contribution in [0.25, 0.3) is 11.0 Å². The minimum absolute atomic E-state index is 0.0921. The van der Waals surface area contributed by atoms with Crippen LogP contribution >= 0.6 is 11.6 Å². The molecule has 0 unspecified atom stereocenters. The smallest absolute Gasteiger partial charge is 0.299 e. The van der Waals surface area contributed by atoms with Crippen molar-refractivity contribution in [1.29, 1.82) is 0 Å². The molecule has 1 aliphatic heterocycles. The second-order valence-electron chi connectivity index (χ2n) is 6.84. The van der Waals surface area contributed by atoms with Crippen molar-refractivity contribution in [2.45, 2.75) is 25.4 Å². The molecule has 1 aliphatic rings. The quantitative estimate of drug-likeness (QED) is 0.714. The van der Waals surface area contributed by atoms with E-state index in [0.717, 1.165) is 48.5 Å². The third-order valence-electron chi connectivity index (χ3n) is 5.21. The Kier molecular flexibility index (Phi) is 4.40. The number of halogens is 1. The van der Waals surface area contributed by atoms with Gasteiger partial charge in [0.25, 0.3) is 0 Å². The molecule has 0 saturated carbocycles. The molecular weight excluding hydrogens is 334 g/mol. The van der Waals surface area contributed by atoms with Gasteiger partial charge in [-0.2, -0.15) is 0 Å². The fourth-order valence-electron chi connectivity index (χ4n) is 3.90. The van der Waals surface area contributed by atoms with Gasteiger partial charge in [0.05, 0.1) is 11.0 Å². The number of fused-ring (bicyclic) bond motifs is 1. The maximum absolute atomic E-state index is 12.7. The van der Waals surface area contributed by atoms with E-state index in [1.807, 2.05) is 48.0 Å². The summed E-state index contributed by atoms with van der Waals surface area (Å²) in [7, 11) is 1.86. The van der Waals surface area contributed by atoms with Crippen molar-refractivity contribution in [3.63, 3.8) is 0 Å². The van der Waals surface area contributed by atoms with Gasteiger partial charge < -0.3 is 0 Å². The molecule has 0 amide bonds. The summed E-state index contributed by atoms with van der Waals surface area (Å²) >= 11 is 6.08. The minimum Gasteiger partial charge on any atom is -0.299 e. The minimum atomic E-state index is 0.0921. The maximum Gasteiger partial charge on any atom is 0.329 e. The number of hydrogen-bond acceptors (Lipinski definition) is 2. The number of nitrogens with zero attached hydrogens (tertiary/aromatic N) is 3. The van der Waals surface area contributed by atoms with E-state index < -0.39 is 0 Å². The molecule has 1 saturated heterocycles. The first kappa shape index (κ1) is 16.4. The van der Waals surface area contributed by atoms with E-state index in [4.69, 9.17) is 11.6 Å². The predicted molar refractivity (Wildman–Crippen MR) is 102 cm³/mol. The summed E-state index contributed by atoms with van der Waals surface area (Å²) < 4.78 is 3.75. The van der Waals surface area contributed by atoms with Gasteiger partial charge in [-0.15, -0.1) is 0 Å². The fourth-order valence-corrected chi connectivity index (χ4v) is 4.11. The number of aryl methyl sites for hydroxylation is 1. The Labute approximate surface area is 152 Å². The second kappa shape index (κ2) is 6.70. The molecule has 130 valence electrons. The number of rotatable bonds is 3. The van der Waals surface area contributed by atoms with E-state index in [9.17, 15) is 4.79 Å². The van der Waals surface area contributed by atoms with E-state index in [-0.39, 0.29) is 11.7 Å². The van der Waals surface area contributed by atoms with Crippen LogP contribution in [-0.4, -0.2) is 27.1 Å². The Hall–Kier alpha value is -2.04. The molecule has 1 aromatic heterocycles. The molecule has 2 heterocycles. The van der Waals surface area contributed by atoms with Gasteiger partial charge in [0.1, 0.15) is 0 Å². The predicted octanol–water partition coefficient (Wildman–Crippen LogP) is 3.83. The van der Waals surface area contributed by atoms with Gasteiger partial charge in [-0.3, -0.25) is 14.0 Å². The molecule has 3 aromatic rings. The first-order valence-corrected chi connectivity index (χ1v) is 9.14. The number of hydrogen-bond donors (Lipinski definition) is 0. The third-order valence-corrected chi connectivity index (χ3v) is 5.45. The van der Waals surface area contributed by atoms with Gasteiger partial charge in [0.15, 0.2) is 0 Å². The topological polar surface area (TPSA) is 30.2 Å². The average molecular weight is 356 g/mol. The van der Waals surface area contributed by atoms with Crippen LogP contribution in [-0.2, 0) is 13.6 Å². The van der Waals surface area contributed by atoms with Crippen LogP contribution in [0.2, 0.25) is 5.02 Å². The molecule has 2 aromatic carbocycles. The van der Waals surface area contributed by atoms with Crippen molar-refractivity contribution in [3.8, 4) is 0 Å². The van der Waals surface area contributed by atoms with E-state index >= 15 is 0 Å². The standard InChI is InChI=1S/C20H22ClN3O/c1-22-18-7-2-3-8-19(18)24(20(22)25)17-9-11-23(12-10-17)14-15-5-4-6-16(21)13-15/h2-8,13,17H,9-12,14H2,1H3. The zero-order valence-electron chi connectivity index (χ0n) is 14.4. The molecular formula is C20H22ClN3O. The van der Waals surface area contributed by atoms with Crippen molar-refractivity contribution in [3.05, 3.63) is 69.6 Å². The van der Waals surface area contributed by atoms with Gasteiger partial charge in [0, 0.05) is 37.7 Å². The third kappa shape index (κ3) is 3.12. The molecule has 1 fully saturated rings. The van der Waals surface area contributed by atoms with Crippen molar-refractivity contribution in [1.82, 2.24) is 14.0 Å². The molecule has 4 rings (SSSR count). The van der Waals surface area contributed by atoms with E-state index in [2.05, 4.69) is 17.0 Å². The number of para-hydroxylation sites is 2. The van der Waals surface area contributed by atoms with Crippen LogP contribution in [0.4, 0.5) is 0 Å². The lowest BCUT2D eigenvalue weighted by atomic mass is 10.0. The lowest BCUT2D eigenvalue weighted by Crippen LogP contribution is -2.37. The van der Waals surface area contributed by atoms with Crippen LogP contribution in [0.5, 0.6) is 0 Å². The molecule has 4 nitrogen and oxygen atoms in total. The number of piperidine rings is 1. The van der Waals surface area contributed by atoms with Crippen LogP contribution in [0.1, 0.15) is 24.4 Å². The van der Waals surface area contributed by atoms with Crippen molar-refractivity contribution in [2.24, 2.45) is 7.05 Å². The van der Waals surface area contributed by atoms with E-state index in [0.29, 0.717) is 0 Å². The lowest BCUT2D eigenvalue weighted by Gasteiger charge is -2.32. The number of imidazole rings is 1. The molecule has 0 aliphatic carbocycles. The van der Waals surface area contributed by atoms with Crippen LogP contribution in [0.3, 0.4) is 0 Å². The van der Waals surface area contributed by atoms with Crippen molar-refractivity contribution in [2.75, 3.05) is 13.1 Å². The summed E-state index contributed by atoms with van der Waals surface area (Å²) in [5.41, 5.74) is 3.39. The molecule has 0 N–H and O–H groups in total. The Balaban J connectivity index is 1.51. The summed E-state index contributed by atoms with van der Waals surface area (Å²) in [5.74, 6) is 0. The maximum atomic E-state index is 12.7. The van der Waals surface area contributed by atoms with Crippen LogP contribution < -0.4 is 5.69 Å². The molecule has 0 bridgehead atoms. The van der Waals surface area contributed by atoms with E-state index in [1.165, 1.54) is 5.56 Å². The summed E-state index contributed by atoms with van der Waals surface area (Å²) in [6.07, 6.45) is 1.99. The zero-order chi connectivity index (χ0) is 17.4. The highest BCUT2D eigenvalue weighted by Gasteiger charge is 2.24. The SMILES string of the molecule is Cn1c(=O)n(C2CCN(Cc3cccc(Cl)c3)CC2)c2ccccc21. The number of likely N-dealkylation sites (tertiary alicyclic amines) is 1. The highest BCUT2D eigenvalue weighted by Crippen LogP contribution is 2.26. The highest BCUT2D eigenvalue weighted by atomic mass is 35.5. The molecule has 25 heavy (non-hydrogen) atoms.